The van der Waals surface area contributed by atoms with Crippen LogP contribution in [0.1, 0.15) is 54.9 Å². The molecular weight excluding hydrogens is 306 g/mol. The Morgan fingerprint density at radius 2 is 1.92 bits per heavy atom. The van der Waals surface area contributed by atoms with Crippen LogP contribution in [0, 0.1) is 5.92 Å². The number of carbonyl (C=O) groups is 2. The molecule has 0 radical (unpaired) electrons. The highest BCUT2D eigenvalue weighted by Gasteiger charge is 2.21. The highest BCUT2D eigenvalue weighted by Crippen LogP contribution is 2.25. The van der Waals surface area contributed by atoms with Crippen molar-refractivity contribution in [3.63, 3.8) is 0 Å². The Balaban J connectivity index is 1.60. The first kappa shape index (κ1) is 18.5. The van der Waals surface area contributed by atoms with Gasteiger partial charge in [0.05, 0.1) is 18.3 Å². The average Bonchev–Trinajstić information content (AvgIpc) is 2.58. The van der Waals surface area contributed by atoms with Crippen molar-refractivity contribution < 1.29 is 19.4 Å². The predicted octanol–water partition coefficient (Wildman–Crippen LogP) is 3.03. The Morgan fingerprint density at radius 1 is 1.21 bits per heavy atom. The summed E-state index contributed by atoms with van der Waals surface area (Å²) < 4.78 is 5.87. The highest BCUT2D eigenvalue weighted by atomic mass is 16.5. The summed E-state index contributed by atoms with van der Waals surface area (Å²) in [7, 11) is 0. The molecule has 1 aliphatic carbocycles. The zero-order valence-corrected chi connectivity index (χ0v) is 14.3. The van der Waals surface area contributed by atoms with Gasteiger partial charge in [0.15, 0.2) is 0 Å². The van der Waals surface area contributed by atoms with E-state index in [1.54, 1.807) is 24.3 Å². The molecule has 0 saturated heterocycles. The first-order chi connectivity index (χ1) is 11.6. The quantitative estimate of drug-likeness (QED) is 0.717. The molecule has 2 N–H and O–H groups in total. The second kappa shape index (κ2) is 9.42. The minimum absolute atomic E-state index is 0.00222. The molecule has 2 atom stereocenters. The third-order valence-corrected chi connectivity index (χ3v) is 4.63. The van der Waals surface area contributed by atoms with Crippen molar-refractivity contribution in [2.75, 3.05) is 13.2 Å². The molecular formula is C19H27NO4. The van der Waals surface area contributed by atoms with E-state index >= 15 is 0 Å². The third-order valence-electron chi connectivity index (χ3n) is 4.63. The Morgan fingerprint density at radius 3 is 2.58 bits per heavy atom. The minimum atomic E-state index is -0.938. The van der Waals surface area contributed by atoms with Gasteiger partial charge in [0, 0.05) is 13.0 Å². The van der Waals surface area contributed by atoms with E-state index in [4.69, 9.17) is 9.84 Å². The molecule has 1 aliphatic rings. The summed E-state index contributed by atoms with van der Waals surface area (Å²) >= 11 is 0. The molecule has 0 aliphatic heterocycles. The van der Waals surface area contributed by atoms with E-state index in [0.717, 1.165) is 12.0 Å². The largest absolute Gasteiger partial charge is 0.478 e. The van der Waals surface area contributed by atoms with Crippen LogP contribution in [0.25, 0.3) is 0 Å². The van der Waals surface area contributed by atoms with Crippen molar-refractivity contribution in [2.24, 2.45) is 5.92 Å². The topological polar surface area (TPSA) is 75.6 Å². The van der Waals surface area contributed by atoms with Gasteiger partial charge in [0.1, 0.15) is 0 Å². The number of aromatic carboxylic acids is 1. The molecule has 0 bridgehead atoms. The monoisotopic (exact) mass is 333 g/mol. The van der Waals surface area contributed by atoms with E-state index in [1.807, 2.05) is 0 Å². The molecule has 1 fully saturated rings. The molecule has 1 saturated carbocycles. The molecule has 5 nitrogen and oxygen atoms in total. The van der Waals surface area contributed by atoms with Gasteiger partial charge in [-0.1, -0.05) is 31.9 Å². The van der Waals surface area contributed by atoms with Crippen LogP contribution in [0.15, 0.2) is 24.3 Å². The van der Waals surface area contributed by atoms with Gasteiger partial charge < -0.3 is 15.2 Å². The minimum Gasteiger partial charge on any atom is -0.478 e. The van der Waals surface area contributed by atoms with Gasteiger partial charge in [-0.25, -0.2) is 4.79 Å². The van der Waals surface area contributed by atoms with E-state index in [-0.39, 0.29) is 11.5 Å². The van der Waals surface area contributed by atoms with Crippen LogP contribution in [0.4, 0.5) is 0 Å². The number of ether oxygens (including phenoxy) is 1. The molecule has 0 heterocycles. The Kier molecular flexibility index (Phi) is 7.25. The lowest BCUT2D eigenvalue weighted by molar-refractivity contribution is -0.121. The molecule has 2 unspecified atom stereocenters. The van der Waals surface area contributed by atoms with Crippen molar-refractivity contribution >= 4 is 11.9 Å². The Labute approximate surface area is 143 Å². The number of benzene rings is 1. The number of rotatable bonds is 8. The number of carboxylic acid groups (broad SMARTS) is 1. The van der Waals surface area contributed by atoms with Gasteiger partial charge in [-0.3, -0.25) is 4.79 Å². The molecule has 132 valence electrons. The molecule has 1 aromatic carbocycles. The molecule has 0 spiro atoms. The van der Waals surface area contributed by atoms with Gasteiger partial charge in [-0.2, -0.15) is 0 Å². The number of hydrogen-bond donors (Lipinski definition) is 2. The molecule has 24 heavy (non-hydrogen) atoms. The third kappa shape index (κ3) is 5.96. The Hall–Kier alpha value is -1.88. The summed E-state index contributed by atoms with van der Waals surface area (Å²) in [5, 5.41) is 11.7. The van der Waals surface area contributed by atoms with Crippen LogP contribution >= 0.6 is 0 Å². The maximum absolute atomic E-state index is 11.8. The van der Waals surface area contributed by atoms with Crippen molar-refractivity contribution in [3.05, 3.63) is 35.4 Å². The van der Waals surface area contributed by atoms with Crippen LogP contribution in [0.5, 0.6) is 0 Å². The van der Waals surface area contributed by atoms with E-state index < -0.39 is 5.97 Å². The first-order valence-electron chi connectivity index (χ1n) is 8.77. The highest BCUT2D eigenvalue weighted by molar-refractivity contribution is 5.87. The van der Waals surface area contributed by atoms with Crippen LogP contribution in [-0.4, -0.2) is 36.2 Å². The van der Waals surface area contributed by atoms with Crippen LogP contribution < -0.4 is 5.32 Å². The van der Waals surface area contributed by atoms with Gasteiger partial charge in [0.25, 0.3) is 0 Å². The van der Waals surface area contributed by atoms with E-state index in [0.29, 0.717) is 38.0 Å². The Bertz CT molecular complexity index is 541. The fraction of sp³-hybridized carbons (Fsp3) is 0.579. The van der Waals surface area contributed by atoms with Crippen molar-refractivity contribution in [2.45, 2.75) is 51.6 Å². The van der Waals surface area contributed by atoms with Crippen molar-refractivity contribution in [1.29, 1.82) is 0 Å². The summed E-state index contributed by atoms with van der Waals surface area (Å²) in [6, 6.07) is 6.64. The molecule has 1 aromatic rings. The van der Waals surface area contributed by atoms with Crippen molar-refractivity contribution in [1.82, 2.24) is 5.32 Å². The summed E-state index contributed by atoms with van der Waals surface area (Å²) in [6.45, 7) is 3.34. The van der Waals surface area contributed by atoms with Crippen molar-refractivity contribution in [3.8, 4) is 0 Å². The standard InChI is InChI=1S/C19H27NO4/c1-14-4-2-3-5-17(14)24-13-12-20-18(21)11-8-15-6-9-16(10-7-15)19(22)23/h6-7,9-10,14,17H,2-5,8,11-13H2,1H3,(H,20,21)(H,22,23). The lowest BCUT2D eigenvalue weighted by Gasteiger charge is -2.28. The van der Waals surface area contributed by atoms with E-state index in [9.17, 15) is 9.59 Å². The number of aryl methyl sites for hydroxylation is 1. The SMILES string of the molecule is CC1CCCCC1OCCNC(=O)CCc1ccc(C(=O)O)cc1. The maximum Gasteiger partial charge on any atom is 0.335 e. The average molecular weight is 333 g/mol. The second-order valence-corrected chi connectivity index (χ2v) is 6.52. The maximum atomic E-state index is 11.8. The van der Waals surface area contributed by atoms with Gasteiger partial charge in [0.2, 0.25) is 5.91 Å². The first-order valence-corrected chi connectivity index (χ1v) is 8.77. The van der Waals surface area contributed by atoms with Gasteiger partial charge >= 0.3 is 5.97 Å². The summed E-state index contributed by atoms with van der Waals surface area (Å²) in [6.07, 6.45) is 6.23. The summed E-state index contributed by atoms with van der Waals surface area (Å²) in [4.78, 5) is 22.6. The summed E-state index contributed by atoms with van der Waals surface area (Å²) in [5.41, 5.74) is 1.22. The van der Waals surface area contributed by atoms with Gasteiger partial charge in [-0.15, -0.1) is 0 Å². The van der Waals surface area contributed by atoms with Crippen LogP contribution in [-0.2, 0) is 16.0 Å². The normalized spacial score (nSPS) is 20.5. The van der Waals surface area contributed by atoms with Crippen LogP contribution in [0.2, 0.25) is 0 Å². The molecule has 0 aromatic heterocycles. The smallest absolute Gasteiger partial charge is 0.335 e. The number of carboxylic acids is 1. The van der Waals surface area contributed by atoms with Crippen LogP contribution in [0.3, 0.4) is 0 Å². The van der Waals surface area contributed by atoms with Gasteiger partial charge in [-0.05, 0) is 42.9 Å². The lowest BCUT2D eigenvalue weighted by atomic mass is 9.88. The summed E-state index contributed by atoms with van der Waals surface area (Å²) in [5.74, 6) is -0.326. The zero-order chi connectivity index (χ0) is 17.4. The number of nitrogens with one attached hydrogen (secondary N) is 1. The number of amides is 1. The number of hydrogen-bond acceptors (Lipinski definition) is 3. The van der Waals surface area contributed by atoms with E-state index in [1.165, 1.54) is 19.3 Å². The molecule has 1 amide bonds. The fourth-order valence-corrected chi connectivity index (χ4v) is 3.09. The molecule has 2 rings (SSSR count). The van der Waals surface area contributed by atoms with E-state index in [2.05, 4.69) is 12.2 Å². The predicted molar refractivity (Wildman–Crippen MR) is 92.1 cm³/mol. The zero-order valence-electron chi connectivity index (χ0n) is 14.3. The fourth-order valence-electron chi connectivity index (χ4n) is 3.09. The second-order valence-electron chi connectivity index (χ2n) is 6.52. The molecule has 5 heteroatoms. The number of carbonyl (C=O) groups excluding carboxylic acids is 1. The lowest BCUT2D eigenvalue weighted by Crippen LogP contribution is -2.31.